The lowest BCUT2D eigenvalue weighted by Gasteiger charge is -1.69. The number of carbonyl (C=O) groups excluding carboxylic acids is 1. The fraction of sp³-hybridized carbons (Fsp3) is 0.125. The molecule has 6 heteroatoms. The van der Waals surface area contributed by atoms with Gasteiger partial charge in [-0.3, -0.25) is 4.79 Å². The molecule has 0 atom stereocenters. The fourth-order valence-electron chi connectivity index (χ4n) is 0.385. The summed E-state index contributed by atoms with van der Waals surface area (Å²) in [6.45, 7) is 0.375. The molecule has 1 aromatic rings. The molecular weight excluding hydrogens is 270 g/mol. The smallest absolute Gasteiger partial charge is 0.292 e. The molecule has 0 N–H and O–H groups in total. The van der Waals surface area contributed by atoms with Crippen LogP contribution in [0.4, 0.5) is 0 Å². The Kier molecular flexibility index (Phi) is 61.1. The van der Waals surface area contributed by atoms with E-state index in [2.05, 4.69) is 4.74 Å². The normalized spacial score (nSPS) is 4.93. The van der Waals surface area contributed by atoms with Gasteiger partial charge in [0.15, 0.2) is 0 Å². The quantitative estimate of drug-likeness (QED) is 0.740. The SMILES string of the molecule is COC=O.Cl.Cl.Cl.Cl.c1ccccc1. The predicted octanol–water partition coefficient (Wildman–Crippen LogP) is 3.16. The van der Waals surface area contributed by atoms with Crippen LogP contribution in [-0.2, 0) is 9.53 Å². The van der Waals surface area contributed by atoms with Crippen molar-refractivity contribution in [3.8, 4) is 0 Å². The highest BCUT2D eigenvalue weighted by Gasteiger charge is 1.57. The highest BCUT2D eigenvalue weighted by Crippen LogP contribution is 1.79. The third-order valence-corrected chi connectivity index (χ3v) is 0.763. The number of ether oxygens (including phenoxy) is 1. The van der Waals surface area contributed by atoms with E-state index >= 15 is 0 Å². The molecule has 0 saturated carbocycles. The average Bonchev–Trinajstić information content (AvgIpc) is 2.08. The lowest BCUT2D eigenvalue weighted by molar-refractivity contribution is -0.126. The molecule has 0 spiro atoms. The molecule has 0 heterocycles. The first kappa shape index (κ1) is 29.2. The first-order valence-corrected chi connectivity index (χ1v) is 2.88. The molecule has 1 rings (SSSR count). The topological polar surface area (TPSA) is 26.3 Å². The zero-order chi connectivity index (χ0) is 7.66. The van der Waals surface area contributed by atoms with Crippen molar-refractivity contribution >= 4 is 56.1 Å². The number of rotatable bonds is 1. The van der Waals surface area contributed by atoms with E-state index in [-0.39, 0.29) is 49.6 Å². The Morgan fingerprint density at radius 3 is 1.00 bits per heavy atom. The molecule has 0 bridgehead atoms. The van der Waals surface area contributed by atoms with E-state index in [1.165, 1.54) is 7.11 Å². The lowest BCUT2D eigenvalue weighted by atomic mass is 10.4. The number of hydrogen-bond donors (Lipinski definition) is 0. The third kappa shape index (κ3) is 29.7. The van der Waals surface area contributed by atoms with Crippen LogP contribution in [-0.4, -0.2) is 13.6 Å². The van der Waals surface area contributed by atoms with Crippen molar-refractivity contribution < 1.29 is 9.53 Å². The number of halogens is 4. The summed E-state index contributed by atoms with van der Waals surface area (Å²) in [5.41, 5.74) is 0. The fourth-order valence-corrected chi connectivity index (χ4v) is 0.385. The van der Waals surface area contributed by atoms with Crippen molar-refractivity contribution in [3.63, 3.8) is 0 Å². The van der Waals surface area contributed by atoms with Crippen LogP contribution >= 0.6 is 49.6 Å². The van der Waals surface area contributed by atoms with Crippen molar-refractivity contribution in [2.45, 2.75) is 0 Å². The van der Waals surface area contributed by atoms with E-state index in [9.17, 15) is 0 Å². The van der Waals surface area contributed by atoms with Gasteiger partial charge in [0.25, 0.3) is 6.47 Å². The summed E-state index contributed by atoms with van der Waals surface area (Å²) in [5, 5.41) is 0. The molecule has 0 aromatic heterocycles. The Balaban J connectivity index is -0.0000000315. The van der Waals surface area contributed by atoms with E-state index in [0.29, 0.717) is 6.47 Å². The van der Waals surface area contributed by atoms with E-state index in [1.54, 1.807) is 0 Å². The van der Waals surface area contributed by atoms with E-state index in [0.717, 1.165) is 0 Å². The van der Waals surface area contributed by atoms with Crippen LogP contribution < -0.4 is 0 Å². The Morgan fingerprint density at radius 2 is 0.929 bits per heavy atom. The summed E-state index contributed by atoms with van der Waals surface area (Å²) in [6.07, 6.45) is 0. The molecule has 0 fully saturated rings. The Labute approximate surface area is 109 Å². The van der Waals surface area contributed by atoms with Gasteiger partial charge in [0.05, 0.1) is 7.11 Å². The second-order valence-electron chi connectivity index (χ2n) is 1.49. The minimum atomic E-state index is 0. The Hall–Kier alpha value is -0.150. The summed E-state index contributed by atoms with van der Waals surface area (Å²) in [4.78, 5) is 8.95. The summed E-state index contributed by atoms with van der Waals surface area (Å²) >= 11 is 0. The second-order valence-corrected chi connectivity index (χ2v) is 1.49. The molecule has 0 saturated heterocycles. The summed E-state index contributed by atoms with van der Waals surface area (Å²) < 4.78 is 3.86. The Bertz CT molecular complexity index is 134. The number of carbonyl (C=O) groups is 1. The van der Waals surface area contributed by atoms with Crippen molar-refractivity contribution in [1.29, 1.82) is 0 Å². The Morgan fingerprint density at radius 1 is 0.786 bits per heavy atom. The van der Waals surface area contributed by atoms with Crippen LogP contribution in [0.1, 0.15) is 0 Å². The third-order valence-electron chi connectivity index (χ3n) is 0.763. The molecule has 0 aliphatic heterocycles. The molecule has 0 amide bonds. The van der Waals surface area contributed by atoms with Gasteiger partial charge in [-0.05, 0) is 0 Å². The maximum Gasteiger partial charge on any atom is 0.292 e. The van der Waals surface area contributed by atoms with Crippen molar-refractivity contribution in [2.24, 2.45) is 0 Å². The van der Waals surface area contributed by atoms with Gasteiger partial charge in [0, 0.05) is 0 Å². The zero-order valence-electron chi connectivity index (χ0n) is 7.49. The first-order chi connectivity index (χ1) is 4.91. The van der Waals surface area contributed by atoms with Gasteiger partial charge < -0.3 is 4.74 Å². The van der Waals surface area contributed by atoms with Crippen LogP contribution in [0.2, 0.25) is 0 Å². The highest BCUT2D eigenvalue weighted by atomic mass is 35.5. The number of benzene rings is 1. The van der Waals surface area contributed by atoms with Gasteiger partial charge >= 0.3 is 0 Å². The van der Waals surface area contributed by atoms with Crippen molar-refractivity contribution in [1.82, 2.24) is 0 Å². The van der Waals surface area contributed by atoms with Gasteiger partial charge in [-0.1, -0.05) is 36.4 Å². The van der Waals surface area contributed by atoms with E-state index < -0.39 is 0 Å². The molecule has 14 heavy (non-hydrogen) atoms. The molecule has 0 aliphatic carbocycles. The number of hydrogen-bond acceptors (Lipinski definition) is 2. The standard InChI is InChI=1S/C6H6.C2H4O2.4ClH/c1-2-4-6-5-3-1;1-4-2-3;;;;/h1-6H;2H,1H3;4*1H. The monoisotopic (exact) mass is 282 g/mol. The molecule has 0 radical (unpaired) electrons. The van der Waals surface area contributed by atoms with Gasteiger partial charge in [0.1, 0.15) is 0 Å². The maximum atomic E-state index is 8.95. The molecule has 0 aliphatic rings. The number of methoxy groups -OCH3 is 1. The minimum Gasteiger partial charge on any atom is -0.471 e. The average molecular weight is 284 g/mol. The molecule has 1 aromatic carbocycles. The second kappa shape index (κ2) is 29.3. The molecule has 86 valence electrons. The molecule has 0 unspecified atom stereocenters. The van der Waals surface area contributed by atoms with Gasteiger partial charge in [-0.2, -0.15) is 0 Å². The summed E-state index contributed by atoms with van der Waals surface area (Å²) in [6, 6.07) is 12.0. The largest absolute Gasteiger partial charge is 0.471 e. The van der Waals surface area contributed by atoms with Crippen LogP contribution in [0.5, 0.6) is 0 Å². The highest BCUT2D eigenvalue weighted by molar-refractivity contribution is 5.86. The van der Waals surface area contributed by atoms with E-state index in [4.69, 9.17) is 4.79 Å². The van der Waals surface area contributed by atoms with Crippen molar-refractivity contribution in [3.05, 3.63) is 36.4 Å². The van der Waals surface area contributed by atoms with Gasteiger partial charge in [-0.15, -0.1) is 49.6 Å². The minimum absolute atomic E-state index is 0. The van der Waals surface area contributed by atoms with Crippen LogP contribution in [0.3, 0.4) is 0 Å². The van der Waals surface area contributed by atoms with Crippen LogP contribution in [0.25, 0.3) is 0 Å². The van der Waals surface area contributed by atoms with Crippen LogP contribution in [0.15, 0.2) is 36.4 Å². The lowest BCUT2D eigenvalue weighted by Crippen LogP contribution is -1.68. The molecule has 2 nitrogen and oxygen atoms in total. The zero-order valence-corrected chi connectivity index (χ0v) is 10.8. The summed E-state index contributed by atoms with van der Waals surface area (Å²) in [5.74, 6) is 0. The summed E-state index contributed by atoms with van der Waals surface area (Å²) in [7, 11) is 1.31. The molecular formula is C8H14Cl4O2. The van der Waals surface area contributed by atoms with Gasteiger partial charge in [0.2, 0.25) is 0 Å². The predicted molar refractivity (Wildman–Crippen MR) is 68.5 cm³/mol. The van der Waals surface area contributed by atoms with E-state index in [1.807, 2.05) is 36.4 Å². The maximum absolute atomic E-state index is 8.95. The van der Waals surface area contributed by atoms with Crippen molar-refractivity contribution in [2.75, 3.05) is 7.11 Å². The van der Waals surface area contributed by atoms with Gasteiger partial charge in [-0.25, -0.2) is 0 Å². The van der Waals surface area contributed by atoms with Crippen LogP contribution in [0, 0.1) is 0 Å². The first-order valence-electron chi connectivity index (χ1n) is 2.88.